The molecular formula is C37H32ClNO4. The summed E-state index contributed by atoms with van der Waals surface area (Å²) < 4.78 is 8.14. The molecule has 43 heavy (non-hydrogen) atoms. The van der Waals surface area contributed by atoms with E-state index in [-0.39, 0.29) is 29.1 Å². The van der Waals surface area contributed by atoms with Crippen LogP contribution in [0.1, 0.15) is 36.4 Å². The van der Waals surface area contributed by atoms with E-state index in [1.807, 2.05) is 54.6 Å². The Hall–Kier alpha value is -4.74. The number of nitrogens with zero attached hydrogens (tertiary/aromatic N) is 1. The summed E-state index contributed by atoms with van der Waals surface area (Å²) in [5, 5.41) is 20.6. The minimum atomic E-state index is -0.418. The number of hydrogen-bond acceptors (Lipinski definition) is 4. The molecule has 0 saturated heterocycles. The summed E-state index contributed by atoms with van der Waals surface area (Å²) in [5.41, 5.74) is 7.95. The van der Waals surface area contributed by atoms with Gasteiger partial charge in [-0.2, -0.15) is 0 Å². The van der Waals surface area contributed by atoms with Crippen LogP contribution >= 0.6 is 11.6 Å². The zero-order chi connectivity index (χ0) is 30.1. The number of halogens is 1. The number of aromatic nitrogens is 1. The molecule has 216 valence electrons. The largest absolute Gasteiger partial charge is 0.508 e. The van der Waals surface area contributed by atoms with Gasteiger partial charge in [-0.15, -0.1) is 0 Å². The first-order chi connectivity index (χ1) is 20.6. The highest BCUT2D eigenvalue weighted by molar-refractivity contribution is 6.30. The summed E-state index contributed by atoms with van der Waals surface area (Å²) >= 11 is 6.26. The molecule has 1 aromatic heterocycles. The summed E-state index contributed by atoms with van der Waals surface area (Å²) in [6.45, 7) is 5.29. The second-order valence-corrected chi connectivity index (χ2v) is 12.2. The van der Waals surface area contributed by atoms with Crippen LogP contribution < -0.4 is 4.74 Å². The SMILES string of the molecule is CC1(C)Cc2c(-c3ccccc3)c(-c3ccc(Cl)cc3)c(CC(=O)Oc3cc(O)cc(/C=C/c4ccc(O)cc4)c3)n2C1. The topological polar surface area (TPSA) is 71.7 Å². The quantitative estimate of drug-likeness (QED) is 0.113. The maximum absolute atomic E-state index is 13.6. The molecule has 0 unspecified atom stereocenters. The number of rotatable bonds is 7. The van der Waals surface area contributed by atoms with E-state index in [1.165, 1.54) is 11.8 Å². The fourth-order valence-electron chi connectivity index (χ4n) is 5.90. The van der Waals surface area contributed by atoms with E-state index >= 15 is 0 Å². The van der Waals surface area contributed by atoms with Crippen molar-refractivity contribution in [3.05, 3.63) is 125 Å². The number of aromatic hydroxyl groups is 2. The van der Waals surface area contributed by atoms with Crippen molar-refractivity contribution in [3.8, 4) is 39.5 Å². The van der Waals surface area contributed by atoms with E-state index < -0.39 is 5.97 Å². The van der Waals surface area contributed by atoms with Crippen LogP contribution in [0.2, 0.25) is 5.02 Å². The lowest BCUT2D eigenvalue weighted by molar-refractivity contribution is -0.133. The molecular weight excluding hydrogens is 558 g/mol. The predicted octanol–water partition coefficient (Wildman–Crippen LogP) is 8.79. The molecule has 2 heterocycles. The smallest absolute Gasteiger partial charge is 0.317 e. The van der Waals surface area contributed by atoms with Crippen LogP contribution in [0.3, 0.4) is 0 Å². The first-order valence-corrected chi connectivity index (χ1v) is 14.6. The van der Waals surface area contributed by atoms with Gasteiger partial charge in [0.2, 0.25) is 0 Å². The molecule has 0 fully saturated rings. The third-order valence-electron chi connectivity index (χ3n) is 7.72. The molecule has 0 radical (unpaired) electrons. The first kappa shape index (κ1) is 28.4. The summed E-state index contributed by atoms with van der Waals surface area (Å²) in [6.07, 6.45) is 4.61. The molecule has 1 aliphatic rings. The summed E-state index contributed by atoms with van der Waals surface area (Å²) in [4.78, 5) is 13.6. The molecule has 2 N–H and O–H groups in total. The Morgan fingerprint density at radius 1 is 0.837 bits per heavy atom. The lowest BCUT2D eigenvalue weighted by atomic mass is 9.86. The van der Waals surface area contributed by atoms with Crippen LogP contribution in [0, 0.1) is 5.41 Å². The van der Waals surface area contributed by atoms with Gasteiger partial charge in [0.05, 0.1) is 6.42 Å². The normalized spacial score (nSPS) is 13.7. The lowest BCUT2D eigenvalue weighted by Crippen LogP contribution is -2.18. The van der Waals surface area contributed by atoms with Crippen molar-refractivity contribution in [2.75, 3.05) is 0 Å². The Morgan fingerprint density at radius 2 is 1.51 bits per heavy atom. The van der Waals surface area contributed by atoms with Crippen molar-refractivity contribution >= 4 is 29.7 Å². The molecule has 0 bridgehead atoms. The molecule has 0 atom stereocenters. The molecule has 5 nitrogen and oxygen atoms in total. The van der Waals surface area contributed by atoms with Gasteiger partial charge in [0.25, 0.3) is 0 Å². The van der Waals surface area contributed by atoms with E-state index in [4.69, 9.17) is 16.3 Å². The molecule has 6 heteroatoms. The number of ether oxygens (including phenoxy) is 1. The van der Waals surface area contributed by atoms with Crippen LogP contribution in [0.15, 0.2) is 97.1 Å². The number of hydrogen-bond donors (Lipinski definition) is 2. The second-order valence-electron chi connectivity index (χ2n) is 11.8. The average Bonchev–Trinajstić information content (AvgIpc) is 3.43. The highest BCUT2D eigenvalue weighted by Crippen LogP contribution is 2.47. The zero-order valence-corrected chi connectivity index (χ0v) is 24.8. The number of phenols is 2. The van der Waals surface area contributed by atoms with Gasteiger partial charge < -0.3 is 19.5 Å². The van der Waals surface area contributed by atoms with Gasteiger partial charge in [-0.1, -0.05) is 92.2 Å². The van der Waals surface area contributed by atoms with E-state index in [2.05, 4.69) is 30.5 Å². The molecule has 4 aromatic carbocycles. The fraction of sp³-hybridized carbons (Fsp3) is 0.162. The lowest BCUT2D eigenvalue weighted by Gasteiger charge is -2.19. The van der Waals surface area contributed by atoms with Gasteiger partial charge in [0.15, 0.2) is 0 Å². The van der Waals surface area contributed by atoms with E-state index in [0.29, 0.717) is 10.6 Å². The summed E-state index contributed by atoms with van der Waals surface area (Å²) in [6, 6.07) is 29.6. The third-order valence-corrected chi connectivity index (χ3v) is 7.98. The molecule has 0 spiro atoms. The minimum Gasteiger partial charge on any atom is -0.508 e. The molecule has 0 amide bonds. The van der Waals surface area contributed by atoms with Crippen LogP contribution in [-0.4, -0.2) is 20.7 Å². The Balaban J connectivity index is 1.35. The molecule has 1 aliphatic heterocycles. The van der Waals surface area contributed by atoms with Crippen LogP contribution in [0.5, 0.6) is 17.2 Å². The number of carbonyl (C=O) groups is 1. The van der Waals surface area contributed by atoms with Crippen molar-refractivity contribution in [2.24, 2.45) is 5.41 Å². The van der Waals surface area contributed by atoms with Gasteiger partial charge in [-0.05, 0) is 70.5 Å². The summed E-state index contributed by atoms with van der Waals surface area (Å²) in [5.74, 6) is 0.0318. The highest BCUT2D eigenvalue weighted by Gasteiger charge is 2.36. The van der Waals surface area contributed by atoms with Crippen molar-refractivity contribution in [1.29, 1.82) is 0 Å². The molecule has 6 rings (SSSR count). The van der Waals surface area contributed by atoms with Crippen molar-refractivity contribution in [1.82, 2.24) is 4.57 Å². The second kappa shape index (κ2) is 11.5. The maximum atomic E-state index is 13.6. The maximum Gasteiger partial charge on any atom is 0.317 e. The van der Waals surface area contributed by atoms with Crippen LogP contribution in [0.4, 0.5) is 0 Å². The van der Waals surface area contributed by atoms with Crippen LogP contribution in [0.25, 0.3) is 34.4 Å². The van der Waals surface area contributed by atoms with E-state index in [0.717, 1.165) is 46.5 Å². The minimum absolute atomic E-state index is 0.00537. The molecule has 0 aliphatic carbocycles. The van der Waals surface area contributed by atoms with Gasteiger partial charge in [0.1, 0.15) is 17.2 Å². The number of esters is 1. The molecule has 5 aromatic rings. The van der Waals surface area contributed by atoms with Crippen molar-refractivity contribution < 1.29 is 19.7 Å². The Kier molecular flexibility index (Phi) is 7.59. The van der Waals surface area contributed by atoms with Crippen molar-refractivity contribution in [2.45, 2.75) is 33.2 Å². The number of fused-ring (bicyclic) bond motifs is 1. The number of carbonyl (C=O) groups excluding carboxylic acids is 1. The van der Waals surface area contributed by atoms with Gasteiger partial charge in [-0.25, -0.2) is 0 Å². The summed E-state index contributed by atoms with van der Waals surface area (Å²) in [7, 11) is 0. The first-order valence-electron chi connectivity index (χ1n) is 14.2. The Morgan fingerprint density at radius 3 is 2.23 bits per heavy atom. The monoisotopic (exact) mass is 589 g/mol. The fourth-order valence-corrected chi connectivity index (χ4v) is 6.03. The van der Waals surface area contributed by atoms with Crippen LogP contribution in [-0.2, 0) is 24.2 Å². The van der Waals surface area contributed by atoms with Gasteiger partial charge >= 0.3 is 5.97 Å². The van der Waals surface area contributed by atoms with Gasteiger partial charge in [-0.3, -0.25) is 4.79 Å². The van der Waals surface area contributed by atoms with E-state index in [9.17, 15) is 15.0 Å². The molecule has 0 saturated carbocycles. The standard InChI is InChI=1S/C37H32ClNO4/c1-37(2)22-33-36(26-6-4-3-5-7-26)35(27-12-14-28(38)15-13-27)32(39(33)23-37)21-34(42)43-31-19-25(18-30(41)20-31)9-8-24-10-16-29(40)17-11-24/h3-20,40-41H,21-23H2,1-2H3/b9-8+. The van der Waals surface area contributed by atoms with Gasteiger partial charge in [0, 0.05) is 40.1 Å². The van der Waals surface area contributed by atoms with Crippen molar-refractivity contribution in [3.63, 3.8) is 0 Å². The zero-order valence-electron chi connectivity index (χ0n) is 24.0. The Labute approximate surface area is 256 Å². The number of benzene rings is 4. The number of phenolic OH excluding ortho intramolecular Hbond substituents is 2. The third kappa shape index (κ3) is 6.23. The predicted molar refractivity (Wildman–Crippen MR) is 172 cm³/mol. The average molecular weight is 590 g/mol. The highest BCUT2D eigenvalue weighted by atomic mass is 35.5. The Bertz CT molecular complexity index is 1820. The van der Waals surface area contributed by atoms with E-state index in [1.54, 1.807) is 36.4 Å².